The molecule has 1 aliphatic heterocycles. The maximum absolute atomic E-state index is 14.8. The van der Waals surface area contributed by atoms with Crippen LogP contribution in [0.15, 0.2) is 54.6 Å². The molecule has 65 heavy (non-hydrogen) atoms. The Morgan fingerprint density at radius 1 is 0.877 bits per heavy atom. The summed E-state index contributed by atoms with van der Waals surface area (Å²) in [6.07, 6.45) is -0.531. The Labute approximate surface area is 380 Å². The number of methoxy groups -OCH3 is 1. The zero-order chi connectivity index (χ0) is 47.7. The highest BCUT2D eigenvalue weighted by molar-refractivity contribution is 6.01. The Hall–Kier alpha value is -6.23. The maximum Gasteiger partial charge on any atom is 0.328 e. The number of amides is 2. The fourth-order valence-electron chi connectivity index (χ4n) is 8.13. The number of rotatable bonds is 15. The van der Waals surface area contributed by atoms with Crippen LogP contribution in [0.4, 0.5) is 0 Å². The Kier molecular flexibility index (Phi) is 16.6. The Bertz CT molecular complexity index is 2370. The van der Waals surface area contributed by atoms with Gasteiger partial charge in [0, 0.05) is 67.9 Å². The first-order valence-corrected chi connectivity index (χ1v) is 21.9. The van der Waals surface area contributed by atoms with E-state index >= 15 is 0 Å². The molecule has 4 bridgehead atoms. The third-order valence-corrected chi connectivity index (χ3v) is 11.6. The number of Topliss-reactive ketones (excluding diaryl/α,β-unsaturated/α-hetero) is 2. The number of carbonyl (C=O) groups is 5. The molecule has 0 fully saturated rings. The number of aryl methyl sites for hydroxylation is 2. The van der Waals surface area contributed by atoms with Gasteiger partial charge in [0.15, 0.2) is 28.9 Å². The van der Waals surface area contributed by atoms with E-state index < -0.39 is 47.5 Å². The number of aromatic hydroxyl groups is 1. The second-order valence-corrected chi connectivity index (χ2v) is 17.6. The number of hydrogen-bond acceptors (Lipinski definition) is 14. The lowest BCUT2D eigenvalue weighted by Gasteiger charge is -2.32. The van der Waals surface area contributed by atoms with Gasteiger partial charge in [0.1, 0.15) is 31.0 Å². The van der Waals surface area contributed by atoms with Gasteiger partial charge in [-0.2, -0.15) is 0 Å². The number of likely N-dealkylation sites (N-methyl/N-ethyl adjacent to an activating group) is 1. The summed E-state index contributed by atoms with van der Waals surface area (Å²) in [5.41, 5.74) is 22.1. The van der Waals surface area contributed by atoms with Gasteiger partial charge in [-0.3, -0.25) is 19.2 Å². The zero-order valence-corrected chi connectivity index (χ0v) is 38.7. The Morgan fingerprint density at radius 2 is 1.51 bits per heavy atom. The highest BCUT2D eigenvalue weighted by Gasteiger charge is 2.37. The average molecular weight is 894 g/mol. The first-order valence-electron chi connectivity index (χ1n) is 21.9. The number of aromatic nitrogens is 2. The predicted octanol–water partition coefficient (Wildman–Crippen LogP) is 4.65. The average Bonchev–Trinajstić information content (AvgIpc) is 3.26. The molecule has 8 N–H and O–H groups in total. The molecule has 0 spiro atoms. The van der Waals surface area contributed by atoms with Crippen LogP contribution in [0.5, 0.6) is 17.2 Å². The SMILES string of the molecule is COC(=O)[C@@H]1Cc2cc(OCCN)c(O)c(c2)-c2cc(ccc2OCCN)[C@H](N(C)C(=O)[C@H](CCN)CC(=O)c2c(C)nc(-c3ccc(C(C)(C)C)cc3)nc2C)C(=O)C[C@@H](C)C(=O)N1. The molecule has 0 saturated heterocycles. The topological polar surface area (TPSA) is 252 Å². The minimum Gasteiger partial charge on any atom is -0.504 e. The van der Waals surface area contributed by atoms with Gasteiger partial charge in [-0.1, -0.05) is 58.0 Å². The summed E-state index contributed by atoms with van der Waals surface area (Å²) in [7, 11) is 2.66. The molecule has 16 nitrogen and oxygen atoms in total. The van der Waals surface area contributed by atoms with Gasteiger partial charge in [-0.25, -0.2) is 14.8 Å². The fraction of sp³-hybridized carbons (Fsp3) is 0.449. The molecule has 1 aromatic heterocycles. The number of hydrogen-bond donors (Lipinski definition) is 5. The van der Waals surface area contributed by atoms with E-state index in [1.54, 1.807) is 51.1 Å². The van der Waals surface area contributed by atoms with Crippen molar-refractivity contribution in [3.8, 4) is 39.8 Å². The van der Waals surface area contributed by atoms with Gasteiger partial charge in [0.05, 0.1) is 24.1 Å². The number of esters is 1. The van der Waals surface area contributed by atoms with E-state index in [4.69, 9.17) is 41.4 Å². The summed E-state index contributed by atoms with van der Waals surface area (Å²) in [6.45, 7) is 11.9. The maximum atomic E-state index is 14.8. The normalized spacial score (nSPS) is 17.1. The molecule has 0 radical (unpaired) electrons. The van der Waals surface area contributed by atoms with E-state index in [0.717, 1.165) is 11.1 Å². The van der Waals surface area contributed by atoms with Crippen molar-refractivity contribution in [1.82, 2.24) is 20.2 Å². The highest BCUT2D eigenvalue weighted by atomic mass is 16.5. The van der Waals surface area contributed by atoms with Crippen molar-refractivity contribution >= 4 is 29.4 Å². The summed E-state index contributed by atoms with van der Waals surface area (Å²) >= 11 is 0. The van der Waals surface area contributed by atoms with Crippen molar-refractivity contribution in [2.75, 3.05) is 47.0 Å². The predicted molar refractivity (Wildman–Crippen MR) is 246 cm³/mol. The summed E-state index contributed by atoms with van der Waals surface area (Å²) in [5.74, 6) is -4.13. The van der Waals surface area contributed by atoms with E-state index in [2.05, 4.69) is 26.1 Å². The molecule has 0 saturated carbocycles. The summed E-state index contributed by atoms with van der Waals surface area (Å²) in [4.78, 5) is 81.1. The van der Waals surface area contributed by atoms with E-state index in [0.29, 0.717) is 45.2 Å². The van der Waals surface area contributed by atoms with Crippen LogP contribution < -0.4 is 32.0 Å². The molecular formula is C49H63N7O9. The number of nitrogens with zero attached hydrogens (tertiary/aromatic N) is 3. The van der Waals surface area contributed by atoms with Crippen LogP contribution in [0, 0.1) is 25.7 Å². The lowest BCUT2D eigenvalue weighted by Crippen LogP contribution is -2.46. The van der Waals surface area contributed by atoms with Gasteiger partial charge in [0.2, 0.25) is 11.8 Å². The largest absolute Gasteiger partial charge is 0.504 e. The Balaban J connectivity index is 1.58. The quantitative estimate of drug-likeness (QED) is 0.0805. The van der Waals surface area contributed by atoms with Crippen LogP contribution in [0.1, 0.15) is 91.4 Å². The lowest BCUT2D eigenvalue weighted by molar-refractivity contribution is -0.146. The number of benzene rings is 3. The minimum absolute atomic E-state index is 0.0352. The second kappa shape index (κ2) is 21.6. The second-order valence-electron chi connectivity index (χ2n) is 17.6. The molecule has 348 valence electrons. The molecule has 1 aliphatic rings. The van der Waals surface area contributed by atoms with Gasteiger partial charge < -0.3 is 46.7 Å². The third kappa shape index (κ3) is 11.7. The van der Waals surface area contributed by atoms with Crippen LogP contribution in [0.2, 0.25) is 0 Å². The zero-order valence-electron chi connectivity index (χ0n) is 38.7. The molecule has 0 aliphatic carbocycles. The number of ether oxygens (including phenoxy) is 3. The molecule has 0 unspecified atom stereocenters. The number of fused-ring (bicyclic) bond motifs is 5. The molecule has 5 rings (SSSR count). The van der Waals surface area contributed by atoms with Gasteiger partial charge >= 0.3 is 5.97 Å². The molecule has 3 aromatic carbocycles. The van der Waals surface area contributed by atoms with Crippen molar-refractivity contribution in [2.45, 2.75) is 84.7 Å². The first kappa shape index (κ1) is 49.8. The van der Waals surface area contributed by atoms with E-state index in [-0.39, 0.29) is 86.8 Å². The lowest BCUT2D eigenvalue weighted by atomic mass is 9.86. The molecule has 2 amide bonds. The van der Waals surface area contributed by atoms with Crippen molar-refractivity contribution in [2.24, 2.45) is 29.0 Å². The number of carbonyl (C=O) groups excluding carboxylic acids is 5. The van der Waals surface area contributed by atoms with Crippen LogP contribution in [0.25, 0.3) is 22.5 Å². The van der Waals surface area contributed by atoms with E-state index in [1.807, 2.05) is 24.3 Å². The van der Waals surface area contributed by atoms with Crippen LogP contribution in [-0.2, 0) is 35.8 Å². The van der Waals surface area contributed by atoms with E-state index in [1.165, 1.54) is 19.1 Å². The van der Waals surface area contributed by atoms with Crippen molar-refractivity contribution in [3.05, 3.63) is 88.2 Å². The number of nitrogens with one attached hydrogen (secondary N) is 1. The van der Waals surface area contributed by atoms with E-state index in [9.17, 15) is 29.1 Å². The molecule has 2 heterocycles. The van der Waals surface area contributed by atoms with Gasteiger partial charge in [-0.15, -0.1) is 0 Å². The van der Waals surface area contributed by atoms with Crippen LogP contribution in [0.3, 0.4) is 0 Å². The van der Waals surface area contributed by atoms with Gasteiger partial charge in [-0.05, 0) is 73.2 Å². The molecular weight excluding hydrogens is 831 g/mol. The third-order valence-electron chi connectivity index (χ3n) is 11.6. The monoisotopic (exact) mass is 893 g/mol. The molecule has 4 atom stereocenters. The Morgan fingerprint density at radius 3 is 2.09 bits per heavy atom. The number of ketones is 2. The standard InChI is InChI=1S/C49H63N7O9/c1-27-21-39(58)43(56(7)47(61)33(15-16-50)26-38(57)42-28(2)53-45(54-29(42)3)31-9-12-34(13-10-31)49(4,5)6)32-11-14-40(64-19-17-51)35(25-32)36-22-30(24-41(44(36)59)65-20-18-52)23-37(48(62)63-8)55-46(27)60/h9-14,22,24-25,27,33,37,43,59H,15-21,23,26,50-52H2,1-8H3,(H,55,60)/t27-,33-,37+,43+/m1/s1. The summed E-state index contributed by atoms with van der Waals surface area (Å²) < 4.78 is 16.9. The molecule has 16 heteroatoms. The number of nitrogens with two attached hydrogens (primary N) is 3. The van der Waals surface area contributed by atoms with Crippen LogP contribution in [-0.4, -0.2) is 102 Å². The smallest absolute Gasteiger partial charge is 0.328 e. The summed E-state index contributed by atoms with van der Waals surface area (Å²) in [6, 6.07) is 13.5. The number of phenolic OH excluding ortho intramolecular Hbond substituents is 1. The molecule has 4 aromatic rings. The first-order chi connectivity index (χ1) is 30.8. The van der Waals surface area contributed by atoms with Crippen LogP contribution >= 0.6 is 0 Å². The van der Waals surface area contributed by atoms with Crippen molar-refractivity contribution < 1.29 is 43.3 Å². The van der Waals surface area contributed by atoms with Gasteiger partial charge in [0.25, 0.3) is 0 Å². The summed E-state index contributed by atoms with van der Waals surface area (Å²) in [5, 5.41) is 14.4. The number of phenols is 1. The highest BCUT2D eigenvalue weighted by Crippen LogP contribution is 2.44. The minimum atomic E-state index is -1.30. The van der Waals surface area contributed by atoms with Crippen molar-refractivity contribution in [1.29, 1.82) is 0 Å². The van der Waals surface area contributed by atoms with Crippen molar-refractivity contribution in [3.63, 3.8) is 0 Å². The fourth-order valence-corrected chi connectivity index (χ4v) is 8.13.